The summed E-state index contributed by atoms with van der Waals surface area (Å²) in [6.45, 7) is 6.92. The Morgan fingerprint density at radius 1 is 1.06 bits per heavy atom. The van der Waals surface area contributed by atoms with E-state index in [9.17, 15) is 4.79 Å². The number of aryl methyl sites for hydroxylation is 1. The standard InChI is InChI=1S/C29H38N4O/c1-4-20-11-14-23(15-12-20)31-28-32-25-18-21(27(34)30-22-8-5-6-9-22)13-16-26(25)33(28)24-10-7-17-29(2,3)19-24/h11-16,18,22,24H,4-10,17,19H2,1-3H3,(H,30,34)(H,31,32)/t24-/m0/s1. The Balaban J connectivity index is 1.50. The summed E-state index contributed by atoms with van der Waals surface area (Å²) in [5.74, 6) is 0.891. The highest BCUT2D eigenvalue weighted by Crippen LogP contribution is 2.43. The summed E-state index contributed by atoms with van der Waals surface area (Å²) >= 11 is 0. The summed E-state index contributed by atoms with van der Waals surface area (Å²) < 4.78 is 2.39. The minimum absolute atomic E-state index is 0.0202. The van der Waals surface area contributed by atoms with E-state index in [2.05, 4.69) is 66.3 Å². The van der Waals surface area contributed by atoms with Crippen molar-refractivity contribution < 1.29 is 4.79 Å². The van der Waals surface area contributed by atoms with Gasteiger partial charge in [-0.15, -0.1) is 0 Å². The predicted octanol–water partition coefficient (Wildman–Crippen LogP) is 7.16. The lowest BCUT2D eigenvalue weighted by molar-refractivity contribution is 0.0938. The van der Waals surface area contributed by atoms with Crippen LogP contribution in [0.25, 0.3) is 11.0 Å². The zero-order valence-corrected chi connectivity index (χ0v) is 20.9. The largest absolute Gasteiger partial charge is 0.349 e. The van der Waals surface area contributed by atoms with E-state index in [0.29, 0.717) is 23.1 Å². The first-order valence-corrected chi connectivity index (χ1v) is 13.1. The fourth-order valence-corrected chi connectivity index (χ4v) is 5.87. The molecule has 2 aliphatic rings. The van der Waals surface area contributed by atoms with Crippen LogP contribution >= 0.6 is 0 Å². The fraction of sp³-hybridized carbons (Fsp3) is 0.517. The summed E-state index contributed by atoms with van der Waals surface area (Å²) in [6, 6.07) is 15.3. The maximum Gasteiger partial charge on any atom is 0.251 e. The molecule has 180 valence electrons. The minimum atomic E-state index is 0.0202. The predicted molar refractivity (Wildman–Crippen MR) is 140 cm³/mol. The number of hydrogen-bond donors (Lipinski definition) is 2. The zero-order chi connectivity index (χ0) is 23.7. The monoisotopic (exact) mass is 458 g/mol. The Morgan fingerprint density at radius 2 is 1.82 bits per heavy atom. The quantitative estimate of drug-likeness (QED) is 0.412. The number of aromatic nitrogens is 2. The maximum absolute atomic E-state index is 12.9. The normalized spacial score (nSPS) is 20.5. The zero-order valence-electron chi connectivity index (χ0n) is 20.9. The third-order valence-corrected chi connectivity index (χ3v) is 7.80. The van der Waals surface area contributed by atoms with Gasteiger partial charge >= 0.3 is 0 Å². The molecule has 3 aromatic rings. The van der Waals surface area contributed by atoms with Crippen molar-refractivity contribution in [1.29, 1.82) is 0 Å². The van der Waals surface area contributed by atoms with Crippen molar-refractivity contribution in [3.8, 4) is 0 Å². The average molecular weight is 459 g/mol. The smallest absolute Gasteiger partial charge is 0.251 e. The second-order valence-corrected chi connectivity index (χ2v) is 11.1. The molecule has 0 unspecified atom stereocenters. The van der Waals surface area contributed by atoms with Crippen LogP contribution in [-0.4, -0.2) is 21.5 Å². The first-order chi connectivity index (χ1) is 16.4. The average Bonchev–Trinajstić information content (AvgIpc) is 3.45. The molecular formula is C29H38N4O. The van der Waals surface area contributed by atoms with Gasteiger partial charge in [0.05, 0.1) is 11.0 Å². The number of amides is 1. The molecule has 0 radical (unpaired) electrons. The van der Waals surface area contributed by atoms with Gasteiger partial charge in [0.2, 0.25) is 5.95 Å². The van der Waals surface area contributed by atoms with Gasteiger partial charge in [0.25, 0.3) is 5.91 Å². The molecule has 1 atom stereocenters. The molecule has 2 aliphatic carbocycles. The van der Waals surface area contributed by atoms with Crippen molar-refractivity contribution in [1.82, 2.24) is 14.9 Å². The Kier molecular flexibility index (Phi) is 6.37. The van der Waals surface area contributed by atoms with Gasteiger partial charge in [-0.1, -0.05) is 52.2 Å². The highest BCUT2D eigenvalue weighted by molar-refractivity contribution is 5.98. The molecule has 5 rings (SSSR count). The minimum Gasteiger partial charge on any atom is -0.349 e. The number of fused-ring (bicyclic) bond motifs is 1. The van der Waals surface area contributed by atoms with E-state index in [1.54, 1.807) is 0 Å². The van der Waals surface area contributed by atoms with Crippen LogP contribution < -0.4 is 10.6 Å². The van der Waals surface area contributed by atoms with Crippen LogP contribution in [0.2, 0.25) is 0 Å². The maximum atomic E-state index is 12.9. The summed E-state index contributed by atoms with van der Waals surface area (Å²) in [5, 5.41) is 6.81. The molecule has 34 heavy (non-hydrogen) atoms. The van der Waals surface area contributed by atoms with E-state index in [4.69, 9.17) is 4.98 Å². The first kappa shape index (κ1) is 22.9. The first-order valence-electron chi connectivity index (χ1n) is 13.1. The number of anilines is 2. The van der Waals surface area contributed by atoms with Gasteiger partial charge in [0.15, 0.2) is 0 Å². The lowest BCUT2D eigenvalue weighted by Crippen LogP contribution is -2.32. The van der Waals surface area contributed by atoms with Crippen LogP contribution in [0.15, 0.2) is 42.5 Å². The van der Waals surface area contributed by atoms with Gasteiger partial charge in [-0.05, 0) is 79.8 Å². The second kappa shape index (κ2) is 9.44. The van der Waals surface area contributed by atoms with Crippen LogP contribution in [0.5, 0.6) is 0 Å². The molecular weight excluding hydrogens is 420 g/mol. The lowest BCUT2D eigenvalue weighted by atomic mass is 9.75. The van der Waals surface area contributed by atoms with Gasteiger partial charge in [-0.2, -0.15) is 0 Å². The van der Waals surface area contributed by atoms with Crippen LogP contribution in [0.1, 0.15) is 94.1 Å². The molecule has 0 aliphatic heterocycles. The Morgan fingerprint density at radius 3 is 2.53 bits per heavy atom. The van der Waals surface area contributed by atoms with Crippen LogP contribution in [0.3, 0.4) is 0 Å². The molecule has 0 saturated heterocycles. The highest BCUT2D eigenvalue weighted by atomic mass is 16.1. The van der Waals surface area contributed by atoms with Crippen molar-refractivity contribution in [2.45, 2.75) is 90.6 Å². The lowest BCUT2D eigenvalue weighted by Gasteiger charge is -2.36. The summed E-state index contributed by atoms with van der Waals surface area (Å²) in [6.07, 6.45) is 10.4. The number of carbonyl (C=O) groups excluding carboxylic acids is 1. The number of benzene rings is 2. The van der Waals surface area contributed by atoms with Gasteiger partial charge in [0, 0.05) is 23.3 Å². The Labute approximate surface area is 203 Å². The fourth-order valence-electron chi connectivity index (χ4n) is 5.87. The van der Waals surface area contributed by atoms with Crippen molar-refractivity contribution in [2.75, 3.05) is 5.32 Å². The molecule has 0 bridgehead atoms. The molecule has 2 aromatic carbocycles. The SMILES string of the molecule is CCc1ccc(Nc2nc3cc(C(=O)NC4CCCC4)ccc3n2[C@H]2CCCC(C)(C)C2)cc1. The van der Waals surface area contributed by atoms with Crippen molar-refractivity contribution >= 4 is 28.6 Å². The molecule has 2 fully saturated rings. The van der Waals surface area contributed by atoms with E-state index in [0.717, 1.165) is 54.8 Å². The van der Waals surface area contributed by atoms with Gasteiger partial charge < -0.3 is 15.2 Å². The number of carbonyl (C=O) groups is 1. The van der Waals surface area contributed by atoms with E-state index >= 15 is 0 Å². The molecule has 2 saturated carbocycles. The number of rotatable bonds is 6. The summed E-state index contributed by atoms with van der Waals surface area (Å²) in [7, 11) is 0. The summed E-state index contributed by atoms with van der Waals surface area (Å²) in [4.78, 5) is 17.9. The van der Waals surface area contributed by atoms with E-state index in [1.165, 1.54) is 31.2 Å². The topological polar surface area (TPSA) is 59.0 Å². The Bertz CT molecular complexity index is 1150. The second-order valence-electron chi connectivity index (χ2n) is 11.1. The van der Waals surface area contributed by atoms with E-state index < -0.39 is 0 Å². The molecule has 5 heteroatoms. The van der Waals surface area contributed by atoms with Crippen molar-refractivity contribution in [2.24, 2.45) is 5.41 Å². The Hall–Kier alpha value is -2.82. The molecule has 0 spiro atoms. The van der Waals surface area contributed by atoms with Crippen molar-refractivity contribution in [3.63, 3.8) is 0 Å². The number of nitrogens with one attached hydrogen (secondary N) is 2. The van der Waals surface area contributed by atoms with Crippen LogP contribution in [0.4, 0.5) is 11.6 Å². The molecule has 1 amide bonds. The van der Waals surface area contributed by atoms with Crippen molar-refractivity contribution in [3.05, 3.63) is 53.6 Å². The van der Waals surface area contributed by atoms with Gasteiger partial charge in [0.1, 0.15) is 0 Å². The number of nitrogens with zero attached hydrogens (tertiary/aromatic N) is 2. The van der Waals surface area contributed by atoms with Crippen LogP contribution in [0, 0.1) is 5.41 Å². The van der Waals surface area contributed by atoms with Gasteiger partial charge in [-0.25, -0.2) is 4.98 Å². The van der Waals surface area contributed by atoms with Gasteiger partial charge in [-0.3, -0.25) is 4.79 Å². The molecule has 1 heterocycles. The number of imidazole rings is 1. The molecule has 5 nitrogen and oxygen atoms in total. The summed E-state index contributed by atoms with van der Waals surface area (Å²) in [5.41, 5.74) is 5.38. The van der Waals surface area contributed by atoms with E-state index in [1.807, 2.05) is 12.1 Å². The third kappa shape index (κ3) is 4.84. The molecule has 2 N–H and O–H groups in total. The van der Waals surface area contributed by atoms with E-state index in [-0.39, 0.29) is 5.91 Å². The molecule has 1 aromatic heterocycles. The van der Waals surface area contributed by atoms with Crippen LogP contribution in [-0.2, 0) is 6.42 Å². The highest BCUT2D eigenvalue weighted by Gasteiger charge is 2.31. The third-order valence-electron chi connectivity index (χ3n) is 7.80. The number of hydrogen-bond acceptors (Lipinski definition) is 3.